The first-order valence-corrected chi connectivity index (χ1v) is 8.76. The number of carbonyl (C=O) groups is 1. The third-order valence-corrected chi connectivity index (χ3v) is 4.60. The summed E-state index contributed by atoms with van der Waals surface area (Å²) in [7, 11) is 0. The van der Waals surface area contributed by atoms with Gasteiger partial charge in [-0.1, -0.05) is 5.16 Å². The van der Waals surface area contributed by atoms with Crippen LogP contribution in [0.2, 0.25) is 0 Å². The highest BCUT2D eigenvalue weighted by atomic mass is 16.5. The van der Waals surface area contributed by atoms with Crippen LogP contribution in [0.5, 0.6) is 0 Å². The molecule has 8 nitrogen and oxygen atoms in total. The molecule has 0 radical (unpaired) electrons. The molecule has 2 aliphatic heterocycles. The van der Waals surface area contributed by atoms with Gasteiger partial charge in [0.05, 0.1) is 6.10 Å². The fourth-order valence-electron chi connectivity index (χ4n) is 3.24. The third kappa shape index (κ3) is 4.67. The Labute approximate surface area is 141 Å². The van der Waals surface area contributed by atoms with Gasteiger partial charge in [-0.05, 0) is 44.9 Å². The zero-order valence-corrected chi connectivity index (χ0v) is 14.1. The summed E-state index contributed by atoms with van der Waals surface area (Å²) in [5.41, 5.74) is 0. The normalized spacial score (nSPS) is 23.6. The highest BCUT2D eigenvalue weighted by Crippen LogP contribution is 2.29. The van der Waals surface area contributed by atoms with Gasteiger partial charge in [0.2, 0.25) is 5.89 Å². The maximum atomic E-state index is 12.3. The van der Waals surface area contributed by atoms with Crippen molar-refractivity contribution < 1.29 is 18.8 Å². The number of hydrogen-bond donors (Lipinski definition) is 2. The fourth-order valence-corrected chi connectivity index (χ4v) is 3.24. The van der Waals surface area contributed by atoms with E-state index in [1.54, 1.807) is 6.92 Å². The van der Waals surface area contributed by atoms with Gasteiger partial charge in [0.15, 0.2) is 5.82 Å². The van der Waals surface area contributed by atoms with E-state index in [4.69, 9.17) is 14.0 Å². The summed E-state index contributed by atoms with van der Waals surface area (Å²) in [4.78, 5) is 16.6. The minimum Gasteiger partial charge on any atom is -0.381 e. The summed E-state index contributed by atoms with van der Waals surface area (Å²) >= 11 is 0. The third-order valence-electron chi connectivity index (χ3n) is 4.60. The van der Waals surface area contributed by atoms with E-state index < -0.39 is 0 Å². The largest absolute Gasteiger partial charge is 0.381 e. The van der Waals surface area contributed by atoms with Crippen LogP contribution in [0.1, 0.15) is 49.9 Å². The Balaban J connectivity index is 1.57. The molecule has 3 heterocycles. The first-order valence-electron chi connectivity index (χ1n) is 8.76. The zero-order chi connectivity index (χ0) is 16.8. The van der Waals surface area contributed by atoms with Gasteiger partial charge in [0.1, 0.15) is 6.04 Å². The second-order valence-electron chi connectivity index (χ2n) is 6.45. The van der Waals surface area contributed by atoms with Crippen LogP contribution in [-0.2, 0) is 9.47 Å². The lowest BCUT2D eigenvalue weighted by molar-refractivity contribution is 0.0181. The molecule has 1 aromatic rings. The Kier molecular flexibility index (Phi) is 6.03. The molecule has 0 bridgehead atoms. The molecule has 2 amide bonds. The van der Waals surface area contributed by atoms with Crippen molar-refractivity contribution in [2.75, 3.05) is 26.4 Å². The zero-order valence-electron chi connectivity index (χ0n) is 14.1. The number of urea groups is 1. The second-order valence-corrected chi connectivity index (χ2v) is 6.45. The number of hydrogen-bond acceptors (Lipinski definition) is 6. The molecule has 1 aromatic heterocycles. The molecule has 2 N–H and O–H groups in total. The van der Waals surface area contributed by atoms with Crippen molar-refractivity contribution in [3.8, 4) is 0 Å². The van der Waals surface area contributed by atoms with Crippen molar-refractivity contribution in [1.29, 1.82) is 0 Å². The van der Waals surface area contributed by atoms with Crippen molar-refractivity contribution in [2.45, 2.75) is 51.2 Å². The topological polar surface area (TPSA) is 98.5 Å². The average molecular weight is 338 g/mol. The lowest BCUT2D eigenvalue weighted by Gasteiger charge is -2.29. The number of rotatable bonds is 5. The van der Waals surface area contributed by atoms with Crippen LogP contribution in [0.15, 0.2) is 4.52 Å². The van der Waals surface area contributed by atoms with Crippen LogP contribution >= 0.6 is 0 Å². The number of aromatic nitrogens is 2. The van der Waals surface area contributed by atoms with Crippen molar-refractivity contribution in [1.82, 2.24) is 20.8 Å². The minimum absolute atomic E-state index is 0.108. The molecule has 3 rings (SSSR count). The van der Waals surface area contributed by atoms with Crippen molar-refractivity contribution in [3.63, 3.8) is 0 Å². The van der Waals surface area contributed by atoms with E-state index in [2.05, 4.69) is 20.8 Å². The van der Waals surface area contributed by atoms with Crippen LogP contribution in [0, 0.1) is 12.8 Å². The van der Waals surface area contributed by atoms with Gasteiger partial charge < -0.3 is 24.6 Å². The van der Waals surface area contributed by atoms with Gasteiger partial charge in [0.25, 0.3) is 0 Å². The van der Waals surface area contributed by atoms with E-state index in [0.29, 0.717) is 31.5 Å². The van der Waals surface area contributed by atoms with Crippen LogP contribution < -0.4 is 10.6 Å². The van der Waals surface area contributed by atoms with Crippen LogP contribution in [0.4, 0.5) is 4.79 Å². The Morgan fingerprint density at radius 2 is 2.08 bits per heavy atom. The molecule has 2 atom stereocenters. The maximum absolute atomic E-state index is 12.3. The first kappa shape index (κ1) is 17.2. The SMILES string of the molecule is Cc1noc([C@H](NC(=O)NC[C@@H]2CCCCO2)C2CCOCC2)n1. The molecule has 2 saturated heterocycles. The number of amides is 2. The number of ether oxygens (including phenoxy) is 2. The molecule has 0 saturated carbocycles. The number of aryl methyl sites for hydroxylation is 1. The number of nitrogens with zero attached hydrogens (tertiary/aromatic N) is 2. The van der Waals surface area contributed by atoms with E-state index in [1.807, 2.05) is 0 Å². The predicted molar refractivity (Wildman–Crippen MR) is 85.4 cm³/mol. The molecule has 0 unspecified atom stereocenters. The highest BCUT2D eigenvalue weighted by Gasteiger charge is 2.31. The van der Waals surface area contributed by atoms with Gasteiger partial charge in [-0.15, -0.1) is 0 Å². The van der Waals surface area contributed by atoms with Gasteiger partial charge in [-0.3, -0.25) is 0 Å². The Morgan fingerprint density at radius 3 is 2.75 bits per heavy atom. The summed E-state index contributed by atoms with van der Waals surface area (Å²) in [6.45, 7) is 4.45. The van der Waals surface area contributed by atoms with Crippen molar-refractivity contribution in [2.24, 2.45) is 5.92 Å². The summed E-state index contributed by atoms with van der Waals surface area (Å²) < 4.78 is 16.4. The van der Waals surface area contributed by atoms with E-state index >= 15 is 0 Å². The molecule has 0 aromatic carbocycles. The average Bonchev–Trinajstić information content (AvgIpc) is 3.05. The van der Waals surface area contributed by atoms with E-state index in [9.17, 15) is 4.79 Å². The van der Waals surface area contributed by atoms with Crippen LogP contribution in [0.3, 0.4) is 0 Å². The van der Waals surface area contributed by atoms with Crippen LogP contribution in [-0.4, -0.2) is 48.6 Å². The van der Waals surface area contributed by atoms with Crippen molar-refractivity contribution >= 4 is 6.03 Å². The molecule has 134 valence electrons. The maximum Gasteiger partial charge on any atom is 0.315 e. The lowest BCUT2D eigenvalue weighted by Crippen LogP contribution is -2.45. The van der Waals surface area contributed by atoms with Crippen LogP contribution in [0.25, 0.3) is 0 Å². The Morgan fingerprint density at radius 1 is 1.25 bits per heavy atom. The first-order chi connectivity index (χ1) is 11.7. The molecule has 24 heavy (non-hydrogen) atoms. The fraction of sp³-hybridized carbons (Fsp3) is 0.812. The van der Waals surface area contributed by atoms with E-state index in [1.165, 1.54) is 0 Å². The molecular formula is C16H26N4O4. The minimum atomic E-state index is -0.289. The number of nitrogens with one attached hydrogen (secondary N) is 2. The Bertz CT molecular complexity index is 524. The molecule has 0 spiro atoms. The smallest absolute Gasteiger partial charge is 0.315 e. The van der Waals surface area contributed by atoms with Gasteiger partial charge in [-0.25, -0.2) is 4.79 Å². The Hall–Kier alpha value is -1.67. The summed E-state index contributed by atoms with van der Waals surface area (Å²) in [5, 5.41) is 9.75. The highest BCUT2D eigenvalue weighted by molar-refractivity contribution is 5.74. The molecule has 2 aliphatic rings. The molecule has 2 fully saturated rings. The van der Waals surface area contributed by atoms with Crippen molar-refractivity contribution in [3.05, 3.63) is 11.7 Å². The molecule has 8 heteroatoms. The summed E-state index contributed by atoms with van der Waals surface area (Å²) in [6.07, 6.45) is 5.07. The molecule has 0 aliphatic carbocycles. The summed E-state index contributed by atoms with van der Waals surface area (Å²) in [6, 6.07) is -0.515. The second kappa shape index (κ2) is 8.43. The standard InChI is InChI=1S/C16H26N4O4/c1-11-18-15(24-20-11)14(12-5-8-22-9-6-12)19-16(21)17-10-13-4-2-3-7-23-13/h12-14H,2-10H2,1H3,(H2,17,19,21)/t13-,14+/m0/s1. The summed E-state index contributed by atoms with van der Waals surface area (Å²) in [5.74, 6) is 1.26. The van der Waals surface area contributed by atoms with Gasteiger partial charge in [-0.2, -0.15) is 4.98 Å². The lowest BCUT2D eigenvalue weighted by atomic mass is 9.91. The van der Waals surface area contributed by atoms with E-state index in [-0.39, 0.29) is 24.1 Å². The predicted octanol–water partition coefficient (Wildman–Crippen LogP) is 1.71. The monoisotopic (exact) mass is 338 g/mol. The van der Waals surface area contributed by atoms with Gasteiger partial charge in [0, 0.05) is 26.4 Å². The molecular weight excluding hydrogens is 312 g/mol. The quantitative estimate of drug-likeness (QED) is 0.848. The number of carbonyl (C=O) groups excluding carboxylic acids is 1. The van der Waals surface area contributed by atoms with Gasteiger partial charge >= 0.3 is 6.03 Å². The van der Waals surface area contributed by atoms with E-state index in [0.717, 1.165) is 38.7 Å².